The van der Waals surface area contributed by atoms with Crippen LogP contribution in [-0.2, 0) is 14.3 Å². The molecular weight excluding hydrogens is 516 g/mol. The number of halogens is 1. The molecule has 8 nitrogen and oxygen atoms in total. The summed E-state index contributed by atoms with van der Waals surface area (Å²) in [5.74, 6) is -2.01. The van der Waals surface area contributed by atoms with Crippen LogP contribution in [0.4, 0.5) is 5.13 Å². The van der Waals surface area contributed by atoms with E-state index in [1.165, 1.54) is 4.90 Å². The molecule has 3 aromatic rings. The number of thiazole rings is 1. The maximum Gasteiger partial charge on any atom is 0.350 e. The van der Waals surface area contributed by atoms with E-state index in [2.05, 4.69) is 4.98 Å². The van der Waals surface area contributed by atoms with Gasteiger partial charge in [-0.15, -0.1) is 0 Å². The summed E-state index contributed by atoms with van der Waals surface area (Å²) in [6.45, 7) is 7.67. The number of hydrogen-bond acceptors (Lipinski definition) is 8. The summed E-state index contributed by atoms with van der Waals surface area (Å²) in [7, 11) is 0. The van der Waals surface area contributed by atoms with Crippen LogP contribution in [0, 0.1) is 13.8 Å². The summed E-state index contributed by atoms with van der Waals surface area (Å²) in [4.78, 5) is 45.0. The number of ether oxygens (including phenoxy) is 2. The van der Waals surface area contributed by atoms with Crippen molar-refractivity contribution >= 4 is 51.5 Å². The third-order valence-corrected chi connectivity index (χ3v) is 7.18. The van der Waals surface area contributed by atoms with Crippen LogP contribution >= 0.6 is 22.9 Å². The molecule has 37 heavy (non-hydrogen) atoms. The molecular formula is C27H25ClN2O6S. The van der Waals surface area contributed by atoms with Crippen molar-refractivity contribution in [3.63, 3.8) is 0 Å². The number of aliphatic hydroxyl groups excluding tert-OH is 1. The van der Waals surface area contributed by atoms with E-state index in [0.717, 1.165) is 16.9 Å². The first-order chi connectivity index (χ1) is 17.7. The van der Waals surface area contributed by atoms with Gasteiger partial charge in [-0.3, -0.25) is 14.5 Å². The van der Waals surface area contributed by atoms with Crippen molar-refractivity contribution in [2.24, 2.45) is 0 Å². The Balaban J connectivity index is 1.90. The number of anilines is 1. The minimum atomic E-state index is -1.02. The Labute approximate surface area is 223 Å². The number of amides is 1. The van der Waals surface area contributed by atoms with Gasteiger partial charge < -0.3 is 14.6 Å². The highest BCUT2D eigenvalue weighted by atomic mass is 35.5. The van der Waals surface area contributed by atoms with Crippen LogP contribution in [0.2, 0.25) is 5.02 Å². The van der Waals surface area contributed by atoms with E-state index >= 15 is 0 Å². The predicted molar refractivity (Wildman–Crippen MR) is 141 cm³/mol. The number of carbonyl (C=O) groups excluding carboxylic acids is 3. The van der Waals surface area contributed by atoms with E-state index in [4.69, 9.17) is 21.1 Å². The molecule has 2 aromatic carbocycles. The van der Waals surface area contributed by atoms with Crippen LogP contribution in [0.3, 0.4) is 0 Å². The van der Waals surface area contributed by atoms with Crippen LogP contribution in [0.1, 0.15) is 51.9 Å². The molecule has 1 amide bonds. The largest absolute Gasteiger partial charge is 0.507 e. The van der Waals surface area contributed by atoms with Gasteiger partial charge in [-0.2, -0.15) is 0 Å². The molecule has 0 saturated carbocycles. The lowest BCUT2D eigenvalue weighted by atomic mass is 9.95. The van der Waals surface area contributed by atoms with Gasteiger partial charge in [-0.25, -0.2) is 9.78 Å². The first-order valence-corrected chi connectivity index (χ1v) is 12.8. The van der Waals surface area contributed by atoms with Crippen molar-refractivity contribution < 1.29 is 29.0 Å². The summed E-state index contributed by atoms with van der Waals surface area (Å²) in [6.07, 6.45) is 0. The fourth-order valence-corrected chi connectivity index (χ4v) is 5.35. The number of aryl methyl sites for hydroxylation is 2. The van der Waals surface area contributed by atoms with E-state index in [9.17, 15) is 19.5 Å². The Bertz CT molecular complexity index is 1430. The second-order valence-electron chi connectivity index (χ2n) is 8.27. The number of hydrogen-bond donors (Lipinski definition) is 1. The summed E-state index contributed by atoms with van der Waals surface area (Å²) < 4.78 is 10.7. The van der Waals surface area contributed by atoms with Crippen LogP contribution in [0.5, 0.6) is 5.75 Å². The van der Waals surface area contributed by atoms with Crippen molar-refractivity contribution in [1.82, 2.24) is 4.98 Å². The molecule has 1 N–H and O–H groups in total. The van der Waals surface area contributed by atoms with Crippen molar-refractivity contribution in [3.05, 3.63) is 80.3 Å². The van der Waals surface area contributed by atoms with Crippen LogP contribution in [-0.4, -0.2) is 41.0 Å². The Kier molecular flexibility index (Phi) is 7.65. The number of Topliss-reactive ketones (excluding diaryl/α,β-unsaturated/α-hetero) is 1. The number of benzene rings is 2. The second-order valence-corrected chi connectivity index (χ2v) is 9.68. The number of carbonyl (C=O) groups is 3. The van der Waals surface area contributed by atoms with Crippen LogP contribution in [0.25, 0.3) is 5.76 Å². The van der Waals surface area contributed by atoms with Crippen molar-refractivity contribution in [1.29, 1.82) is 0 Å². The van der Waals surface area contributed by atoms with Gasteiger partial charge in [0.05, 0.1) is 30.5 Å². The van der Waals surface area contributed by atoms with Gasteiger partial charge in [0.15, 0.2) is 5.13 Å². The molecule has 1 aliphatic heterocycles. The van der Waals surface area contributed by atoms with Gasteiger partial charge in [0.25, 0.3) is 5.78 Å². The van der Waals surface area contributed by atoms with Gasteiger partial charge in [0.1, 0.15) is 16.4 Å². The molecule has 1 saturated heterocycles. The quantitative estimate of drug-likeness (QED) is 0.179. The number of ketones is 1. The molecule has 0 aliphatic carbocycles. The summed E-state index contributed by atoms with van der Waals surface area (Å²) in [6, 6.07) is 10.7. The maximum atomic E-state index is 13.4. The number of rotatable bonds is 7. The van der Waals surface area contributed by atoms with Crippen LogP contribution in [0.15, 0.2) is 48.0 Å². The van der Waals surface area contributed by atoms with Crippen molar-refractivity contribution in [2.75, 3.05) is 18.1 Å². The lowest BCUT2D eigenvalue weighted by Crippen LogP contribution is -2.29. The molecule has 1 fully saturated rings. The van der Waals surface area contributed by atoms with Crippen molar-refractivity contribution in [2.45, 2.75) is 33.7 Å². The molecule has 1 aliphatic rings. The maximum absolute atomic E-state index is 13.4. The lowest BCUT2D eigenvalue weighted by molar-refractivity contribution is -0.132. The molecule has 0 bridgehead atoms. The summed E-state index contributed by atoms with van der Waals surface area (Å²) in [5.41, 5.74) is 1.87. The number of aromatic nitrogens is 1. The molecule has 1 atom stereocenters. The molecule has 0 spiro atoms. The minimum absolute atomic E-state index is 0.110. The third-order valence-electron chi connectivity index (χ3n) is 5.81. The van der Waals surface area contributed by atoms with E-state index < -0.39 is 23.7 Å². The zero-order valence-corrected chi connectivity index (χ0v) is 22.3. The monoisotopic (exact) mass is 540 g/mol. The van der Waals surface area contributed by atoms with Gasteiger partial charge >= 0.3 is 11.9 Å². The highest BCUT2D eigenvalue weighted by Gasteiger charge is 2.48. The van der Waals surface area contributed by atoms with E-state index in [0.29, 0.717) is 34.2 Å². The lowest BCUT2D eigenvalue weighted by Gasteiger charge is -2.23. The fourth-order valence-electron chi connectivity index (χ4n) is 4.16. The molecule has 1 aromatic heterocycles. The van der Waals surface area contributed by atoms with Gasteiger partial charge in [0.2, 0.25) is 0 Å². The predicted octanol–water partition coefficient (Wildman–Crippen LogP) is 5.62. The van der Waals surface area contributed by atoms with E-state index in [1.54, 1.807) is 56.3 Å². The third kappa shape index (κ3) is 4.97. The first kappa shape index (κ1) is 26.4. The highest BCUT2D eigenvalue weighted by molar-refractivity contribution is 7.17. The van der Waals surface area contributed by atoms with Crippen LogP contribution < -0.4 is 9.64 Å². The summed E-state index contributed by atoms with van der Waals surface area (Å²) in [5, 5.41) is 11.9. The highest BCUT2D eigenvalue weighted by Crippen LogP contribution is 2.44. The second kappa shape index (κ2) is 10.7. The molecule has 4 rings (SSSR count). The Morgan fingerprint density at radius 2 is 1.89 bits per heavy atom. The number of esters is 1. The minimum Gasteiger partial charge on any atom is -0.507 e. The Morgan fingerprint density at radius 3 is 2.54 bits per heavy atom. The molecule has 1 unspecified atom stereocenters. The van der Waals surface area contributed by atoms with E-state index in [1.807, 2.05) is 13.8 Å². The SMILES string of the molecule is CCOC(=O)c1sc(N2C(=O)C(=O)/C(=C(/O)c3ccc(OCC)c(C)c3)C2c2cccc(Cl)c2)nc1C. The smallest absolute Gasteiger partial charge is 0.350 e. The average molecular weight is 541 g/mol. The molecule has 2 heterocycles. The van der Waals surface area contributed by atoms with E-state index in [-0.39, 0.29) is 27.9 Å². The number of aliphatic hydroxyl groups is 1. The van der Waals surface area contributed by atoms with Gasteiger partial charge in [-0.05, 0) is 69.2 Å². The van der Waals surface area contributed by atoms with Crippen molar-refractivity contribution in [3.8, 4) is 5.75 Å². The standard InChI is InChI=1S/C27H25ClN2O6S/c1-5-35-19-11-10-17(12-14(19)3)22(31)20-21(16-8-7-9-18(28)13-16)30(25(33)23(20)32)27-29-15(4)24(37-27)26(34)36-6-2/h7-13,21,31H,5-6H2,1-4H3/b22-20+. The summed E-state index contributed by atoms with van der Waals surface area (Å²) >= 11 is 7.20. The molecule has 192 valence electrons. The zero-order valence-electron chi connectivity index (χ0n) is 20.7. The van der Waals surface area contributed by atoms with Gasteiger partial charge in [-0.1, -0.05) is 35.1 Å². The zero-order chi connectivity index (χ0) is 26.9. The number of nitrogens with zero attached hydrogens (tertiary/aromatic N) is 2. The normalized spacial score (nSPS) is 16.8. The topological polar surface area (TPSA) is 106 Å². The fraction of sp³-hybridized carbons (Fsp3) is 0.259. The average Bonchev–Trinajstić information content (AvgIpc) is 3.37. The van der Waals surface area contributed by atoms with Gasteiger partial charge in [0, 0.05) is 10.6 Å². The first-order valence-electron chi connectivity index (χ1n) is 11.6. The molecule has 0 radical (unpaired) electrons. The Morgan fingerprint density at radius 1 is 1.14 bits per heavy atom. The Hall–Kier alpha value is -3.69. The molecule has 10 heteroatoms.